The first-order chi connectivity index (χ1) is 20.4. The third-order valence-electron chi connectivity index (χ3n) is 8.60. The summed E-state index contributed by atoms with van der Waals surface area (Å²) in [6, 6.07) is 13.6. The lowest BCUT2D eigenvalue weighted by atomic mass is 10.1. The molecule has 3 heterocycles. The Morgan fingerprint density at radius 3 is 2.64 bits per heavy atom. The fourth-order valence-electron chi connectivity index (χ4n) is 6.23. The van der Waals surface area contributed by atoms with E-state index in [4.69, 9.17) is 13.9 Å². The summed E-state index contributed by atoms with van der Waals surface area (Å²) in [5.74, 6) is 1.77. The highest BCUT2D eigenvalue weighted by Gasteiger charge is 2.21. The smallest absolute Gasteiger partial charge is 0.220 e. The van der Waals surface area contributed by atoms with Crippen molar-refractivity contribution in [1.29, 1.82) is 0 Å². The van der Waals surface area contributed by atoms with Crippen LogP contribution in [0.3, 0.4) is 0 Å². The summed E-state index contributed by atoms with van der Waals surface area (Å²) in [6.07, 6.45) is 10.5. The molecule has 2 fully saturated rings. The number of carbonyl (C=O) groups excluding carboxylic acids is 1. The van der Waals surface area contributed by atoms with Crippen molar-refractivity contribution < 1.29 is 18.7 Å². The van der Waals surface area contributed by atoms with Gasteiger partial charge in [-0.05, 0) is 101 Å². The van der Waals surface area contributed by atoms with Crippen LogP contribution < -0.4 is 20.2 Å². The molecule has 1 aliphatic heterocycles. The maximum absolute atomic E-state index is 13.4. The van der Waals surface area contributed by atoms with Crippen LogP contribution in [0.4, 0.5) is 0 Å². The fourth-order valence-corrected chi connectivity index (χ4v) is 6.23. The van der Waals surface area contributed by atoms with Crippen molar-refractivity contribution in [2.24, 2.45) is 0 Å². The zero-order valence-electron chi connectivity index (χ0n) is 24.5. The van der Waals surface area contributed by atoms with Crippen LogP contribution in [-0.4, -0.2) is 48.1 Å². The summed E-state index contributed by atoms with van der Waals surface area (Å²) in [4.78, 5) is 32.5. The van der Waals surface area contributed by atoms with Crippen LogP contribution in [-0.2, 0) is 11.2 Å². The number of hydrogen-bond acceptors (Lipinski definition) is 7. The Morgan fingerprint density at radius 2 is 1.88 bits per heavy atom. The lowest BCUT2D eigenvalue weighted by Gasteiger charge is -2.19. The number of ether oxygens (including phenoxy) is 2. The predicted molar refractivity (Wildman–Crippen MR) is 164 cm³/mol. The maximum Gasteiger partial charge on any atom is 0.220 e. The number of nitrogens with one attached hydrogen (secondary N) is 1. The summed E-state index contributed by atoms with van der Waals surface area (Å²) in [5, 5.41) is 4.12. The van der Waals surface area contributed by atoms with Gasteiger partial charge in [0, 0.05) is 30.3 Å². The SMILES string of the molecule is Cc1cc(OCCC2CCCN2C)c2oc3cc(Oc4ccc(CCC(=O)NC5CCCC5)nc4)ccc3c(=O)c2c1. The van der Waals surface area contributed by atoms with E-state index in [2.05, 4.69) is 22.2 Å². The van der Waals surface area contributed by atoms with Gasteiger partial charge in [0.15, 0.2) is 11.3 Å². The first-order valence-electron chi connectivity index (χ1n) is 15.2. The summed E-state index contributed by atoms with van der Waals surface area (Å²) < 4.78 is 18.5. The topological polar surface area (TPSA) is 93.9 Å². The van der Waals surface area contributed by atoms with E-state index in [9.17, 15) is 9.59 Å². The lowest BCUT2D eigenvalue weighted by molar-refractivity contribution is -0.121. The number of pyridine rings is 1. The highest BCUT2D eigenvalue weighted by molar-refractivity contribution is 5.93. The van der Waals surface area contributed by atoms with Crippen LogP contribution in [0.15, 0.2) is 57.9 Å². The van der Waals surface area contributed by atoms with Gasteiger partial charge in [0.2, 0.25) is 11.3 Å². The molecule has 220 valence electrons. The molecule has 1 saturated heterocycles. The van der Waals surface area contributed by atoms with Gasteiger partial charge in [-0.1, -0.05) is 12.8 Å². The van der Waals surface area contributed by atoms with Gasteiger partial charge in [-0.15, -0.1) is 0 Å². The third-order valence-corrected chi connectivity index (χ3v) is 8.60. The van der Waals surface area contributed by atoms with E-state index < -0.39 is 0 Å². The lowest BCUT2D eigenvalue weighted by Crippen LogP contribution is -2.32. The zero-order chi connectivity index (χ0) is 29.1. The number of carbonyl (C=O) groups is 1. The minimum atomic E-state index is -0.0927. The second-order valence-corrected chi connectivity index (χ2v) is 11.8. The third kappa shape index (κ3) is 6.44. The van der Waals surface area contributed by atoms with Gasteiger partial charge in [0.05, 0.1) is 23.6 Å². The monoisotopic (exact) mass is 569 g/mol. The van der Waals surface area contributed by atoms with Crippen molar-refractivity contribution in [2.75, 3.05) is 20.2 Å². The number of nitrogens with zero attached hydrogens (tertiary/aromatic N) is 2. The number of likely N-dealkylation sites (tertiary alicyclic amines) is 1. The van der Waals surface area contributed by atoms with E-state index in [1.165, 1.54) is 25.7 Å². The first kappa shape index (κ1) is 28.2. The zero-order valence-corrected chi connectivity index (χ0v) is 24.5. The second kappa shape index (κ2) is 12.5. The minimum absolute atomic E-state index is 0.0827. The van der Waals surface area contributed by atoms with Gasteiger partial charge in [-0.3, -0.25) is 14.6 Å². The molecule has 6 rings (SSSR count). The Hall–Kier alpha value is -3.91. The van der Waals surface area contributed by atoms with E-state index in [0.717, 1.165) is 37.1 Å². The van der Waals surface area contributed by atoms with Crippen LogP contribution in [0, 0.1) is 6.92 Å². The van der Waals surface area contributed by atoms with Crippen LogP contribution in [0.5, 0.6) is 17.2 Å². The van der Waals surface area contributed by atoms with Crippen molar-refractivity contribution in [3.8, 4) is 17.2 Å². The fraction of sp³-hybridized carbons (Fsp3) is 0.441. The summed E-state index contributed by atoms with van der Waals surface area (Å²) in [7, 11) is 2.16. The number of fused-ring (bicyclic) bond motifs is 2. The number of aryl methyl sites for hydroxylation is 2. The summed E-state index contributed by atoms with van der Waals surface area (Å²) in [5.41, 5.74) is 2.59. The summed E-state index contributed by atoms with van der Waals surface area (Å²) >= 11 is 0. The van der Waals surface area contributed by atoms with E-state index in [1.54, 1.807) is 24.4 Å². The van der Waals surface area contributed by atoms with Gasteiger partial charge in [-0.2, -0.15) is 0 Å². The molecule has 2 aromatic heterocycles. The normalized spacial score (nSPS) is 17.7. The molecule has 0 spiro atoms. The van der Waals surface area contributed by atoms with E-state index in [0.29, 0.717) is 70.7 Å². The van der Waals surface area contributed by atoms with Gasteiger partial charge < -0.3 is 24.1 Å². The van der Waals surface area contributed by atoms with Crippen molar-refractivity contribution in [1.82, 2.24) is 15.2 Å². The Morgan fingerprint density at radius 1 is 1.05 bits per heavy atom. The van der Waals surface area contributed by atoms with Crippen LogP contribution >= 0.6 is 0 Å². The number of amides is 1. The molecule has 1 atom stereocenters. The molecular formula is C34H39N3O5. The van der Waals surface area contributed by atoms with E-state index >= 15 is 0 Å². The molecule has 1 N–H and O–H groups in total. The Bertz CT molecular complexity index is 1620. The Kier molecular flexibility index (Phi) is 8.42. The molecule has 1 aliphatic carbocycles. The number of aromatic nitrogens is 1. The molecule has 1 saturated carbocycles. The standard InChI is InChI=1S/C34H39N3O5/c1-22-18-29-33(39)28-13-12-26(20-30(28)42-34(29)31(19-22)40-17-15-25-8-5-16-37(25)2)41-27-11-9-23(35-21-27)10-14-32(38)36-24-6-3-4-7-24/h9,11-13,18-21,24-25H,3-8,10,14-17H2,1-2H3,(H,36,38). The second-order valence-electron chi connectivity index (χ2n) is 11.8. The number of benzene rings is 2. The minimum Gasteiger partial charge on any atom is -0.490 e. The molecule has 1 amide bonds. The molecule has 8 heteroatoms. The molecule has 1 unspecified atom stereocenters. The average molecular weight is 570 g/mol. The van der Waals surface area contributed by atoms with E-state index in [1.807, 2.05) is 31.2 Å². The van der Waals surface area contributed by atoms with Crippen molar-refractivity contribution in [2.45, 2.75) is 76.8 Å². The quantitative estimate of drug-likeness (QED) is 0.224. The molecule has 42 heavy (non-hydrogen) atoms. The maximum atomic E-state index is 13.4. The highest BCUT2D eigenvalue weighted by atomic mass is 16.5. The first-order valence-corrected chi connectivity index (χ1v) is 15.2. The Labute approximate surface area is 246 Å². The molecule has 4 aromatic rings. The molecular weight excluding hydrogens is 530 g/mol. The van der Waals surface area contributed by atoms with E-state index in [-0.39, 0.29) is 11.3 Å². The van der Waals surface area contributed by atoms with Crippen molar-refractivity contribution in [3.05, 3.63) is 70.1 Å². The number of rotatable bonds is 10. The molecule has 8 nitrogen and oxygen atoms in total. The average Bonchev–Trinajstić information content (AvgIpc) is 3.65. The van der Waals surface area contributed by atoms with Crippen molar-refractivity contribution >= 4 is 27.8 Å². The van der Waals surface area contributed by atoms with Crippen LogP contribution in [0.2, 0.25) is 0 Å². The molecule has 0 bridgehead atoms. The van der Waals surface area contributed by atoms with Crippen molar-refractivity contribution in [3.63, 3.8) is 0 Å². The van der Waals surface area contributed by atoms with Gasteiger partial charge >= 0.3 is 0 Å². The summed E-state index contributed by atoms with van der Waals surface area (Å²) in [6.45, 7) is 3.65. The number of hydrogen-bond donors (Lipinski definition) is 1. The van der Waals surface area contributed by atoms with Gasteiger partial charge in [0.1, 0.15) is 17.1 Å². The van der Waals surface area contributed by atoms with Crippen LogP contribution in [0.25, 0.3) is 21.9 Å². The van der Waals surface area contributed by atoms with Crippen LogP contribution in [0.1, 0.15) is 62.6 Å². The molecule has 0 radical (unpaired) electrons. The molecule has 2 aromatic carbocycles. The van der Waals surface area contributed by atoms with Gasteiger partial charge in [0.25, 0.3) is 0 Å². The largest absolute Gasteiger partial charge is 0.490 e. The Balaban J connectivity index is 1.15. The predicted octanol–water partition coefficient (Wildman–Crippen LogP) is 6.30. The molecule has 2 aliphatic rings. The highest BCUT2D eigenvalue weighted by Crippen LogP contribution is 2.32. The van der Waals surface area contributed by atoms with Gasteiger partial charge in [-0.25, -0.2) is 0 Å².